The van der Waals surface area contributed by atoms with Crippen LogP contribution in [0.1, 0.15) is 16.1 Å². The number of amidine groups is 1. The van der Waals surface area contributed by atoms with Crippen LogP contribution in [0.5, 0.6) is 0 Å². The van der Waals surface area contributed by atoms with E-state index in [1.54, 1.807) is 43.5 Å². The van der Waals surface area contributed by atoms with Gasteiger partial charge in [0.05, 0.1) is 21.2 Å². The molecule has 1 fully saturated rings. The molecule has 8 heteroatoms. The molecule has 0 atom stereocenters. The molecule has 30 heavy (non-hydrogen) atoms. The van der Waals surface area contributed by atoms with E-state index in [-0.39, 0.29) is 11.5 Å². The molecule has 150 valence electrons. The Morgan fingerprint density at radius 3 is 2.73 bits per heavy atom. The zero-order valence-electron chi connectivity index (χ0n) is 15.7. The minimum Gasteiger partial charge on any atom is -0.478 e. The van der Waals surface area contributed by atoms with Crippen molar-refractivity contribution in [2.45, 2.75) is 0 Å². The molecule has 1 aliphatic heterocycles. The van der Waals surface area contributed by atoms with Crippen molar-refractivity contribution in [1.29, 1.82) is 0 Å². The van der Waals surface area contributed by atoms with Crippen LogP contribution in [0.4, 0.5) is 5.69 Å². The maximum atomic E-state index is 12.6. The van der Waals surface area contributed by atoms with Gasteiger partial charge in [-0.15, -0.1) is 0 Å². The molecule has 1 aromatic heterocycles. The fourth-order valence-electron chi connectivity index (χ4n) is 2.84. The molecule has 0 aliphatic carbocycles. The number of carboxylic acids is 1. The van der Waals surface area contributed by atoms with Gasteiger partial charge in [-0.1, -0.05) is 29.8 Å². The van der Waals surface area contributed by atoms with Crippen molar-refractivity contribution in [3.8, 4) is 11.3 Å². The number of aromatic carboxylic acids is 1. The van der Waals surface area contributed by atoms with Crippen molar-refractivity contribution >= 4 is 52.2 Å². The molecule has 1 aliphatic rings. The Morgan fingerprint density at radius 2 is 1.97 bits per heavy atom. The van der Waals surface area contributed by atoms with Gasteiger partial charge in [0.25, 0.3) is 5.91 Å². The average molecular weight is 439 g/mol. The Bertz CT molecular complexity index is 1220. The van der Waals surface area contributed by atoms with Gasteiger partial charge in [0.2, 0.25) is 0 Å². The summed E-state index contributed by atoms with van der Waals surface area (Å²) in [6.07, 6.45) is 1.65. The summed E-state index contributed by atoms with van der Waals surface area (Å²) in [5.74, 6) is -0.129. The van der Waals surface area contributed by atoms with Gasteiger partial charge in [-0.2, -0.15) is 0 Å². The third-order valence-corrected chi connectivity index (χ3v) is 5.75. The number of likely N-dealkylation sites (N-methyl/N-ethyl adjacent to an activating group) is 1. The smallest absolute Gasteiger partial charge is 0.335 e. The number of carboxylic acid groups (broad SMARTS) is 1. The number of carbonyl (C=O) groups is 2. The topological polar surface area (TPSA) is 83.1 Å². The van der Waals surface area contributed by atoms with E-state index in [4.69, 9.17) is 21.1 Å². The third kappa shape index (κ3) is 4.03. The van der Waals surface area contributed by atoms with Gasteiger partial charge in [0.1, 0.15) is 11.5 Å². The lowest BCUT2D eigenvalue weighted by Crippen LogP contribution is -2.23. The van der Waals surface area contributed by atoms with E-state index in [9.17, 15) is 9.59 Å². The molecule has 0 radical (unpaired) electrons. The van der Waals surface area contributed by atoms with Gasteiger partial charge >= 0.3 is 5.97 Å². The lowest BCUT2D eigenvalue weighted by molar-refractivity contribution is -0.121. The van der Waals surface area contributed by atoms with E-state index < -0.39 is 5.97 Å². The normalized spacial score (nSPS) is 16.6. The number of furan rings is 1. The SMILES string of the molecule is CN1C(=O)/C(=C\c2ccc(-c3ccccc3Cl)o2)SC1=Nc1cccc(C(=O)O)c1. The third-order valence-electron chi connectivity index (χ3n) is 4.36. The maximum absolute atomic E-state index is 12.6. The minimum absolute atomic E-state index is 0.132. The molecule has 1 amide bonds. The summed E-state index contributed by atoms with van der Waals surface area (Å²) in [5, 5.41) is 10.2. The highest BCUT2D eigenvalue weighted by atomic mass is 35.5. The lowest BCUT2D eigenvalue weighted by Gasteiger charge is -2.07. The van der Waals surface area contributed by atoms with E-state index in [1.165, 1.54) is 28.8 Å². The second kappa shape index (κ2) is 8.22. The van der Waals surface area contributed by atoms with Crippen molar-refractivity contribution in [2.24, 2.45) is 4.99 Å². The summed E-state index contributed by atoms with van der Waals surface area (Å²) in [6.45, 7) is 0. The van der Waals surface area contributed by atoms with Gasteiger partial charge in [0, 0.05) is 18.7 Å². The molecule has 0 spiro atoms. The summed E-state index contributed by atoms with van der Waals surface area (Å²) >= 11 is 7.41. The first-order valence-corrected chi connectivity index (χ1v) is 10.1. The quantitative estimate of drug-likeness (QED) is 0.541. The zero-order valence-corrected chi connectivity index (χ0v) is 17.3. The van der Waals surface area contributed by atoms with Crippen LogP contribution >= 0.6 is 23.4 Å². The fourth-order valence-corrected chi connectivity index (χ4v) is 4.03. The van der Waals surface area contributed by atoms with Crippen molar-refractivity contribution < 1.29 is 19.1 Å². The summed E-state index contributed by atoms with van der Waals surface area (Å²) in [7, 11) is 1.62. The van der Waals surface area contributed by atoms with Crippen LogP contribution < -0.4 is 0 Å². The van der Waals surface area contributed by atoms with Gasteiger partial charge in [-0.05, 0) is 54.2 Å². The van der Waals surface area contributed by atoms with Crippen LogP contribution in [0.25, 0.3) is 17.4 Å². The number of thioether (sulfide) groups is 1. The second-order valence-corrected chi connectivity index (χ2v) is 7.82. The molecule has 6 nitrogen and oxygen atoms in total. The molecule has 1 N–H and O–H groups in total. The minimum atomic E-state index is -1.03. The van der Waals surface area contributed by atoms with Crippen LogP contribution in [-0.2, 0) is 4.79 Å². The number of halogens is 1. The maximum Gasteiger partial charge on any atom is 0.335 e. The van der Waals surface area contributed by atoms with E-state index >= 15 is 0 Å². The number of aliphatic imine (C=N–C) groups is 1. The first-order valence-electron chi connectivity index (χ1n) is 8.87. The number of amides is 1. The predicted octanol–water partition coefficient (Wildman–Crippen LogP) is 5.53. The highest BCUT2D eigenvalue weighted by Crippen LogP contribution is 2.35. The first-order chi connectivity index (χ1) is 14.4. The summed E-state index contributed by atoms with van der Waals surface area (Å²) in [4.78, 5) is 30.0. The average Bonchev–Trinajstić information content (AvgIpc) is 3.29. The molecule has 1 saturated heterocycles. The number of nitrogens with zero attached hydrogens (tertiary/aromatic N) is 2. The van der Waals surface area contributed by atoms with Crippen LogP contribution in [0, 0.1) is 0 Å². The van der Waals surface area contributed by atoms with Crippen molar-refractivity contribution in [2.75, 3.05) is 7.05 Å². The molecule has 0 saturated carbocycles. The van der Waals surface area contributed by atoms with Crippen LogP contribution in [0.3, 0.4) is 0 Å². The van der Waals surface area contributed by atoms with E-state index in [1.807, 2.05) is 18.2 Å². The number of hydrogen-bond acceptors (Lipinski definition) is 5. The summed E-state index contributed by atoms with van der Waals surface area (Å²) in [6, 6.07) is 17.2. The highest BCUT2D eigenvalue weighted by molar-refractivity contribution is 8.18. The van der Waals surface area contributed by atoms with Crippen molar-refractivity contribution in [1.82, 2.24) is 4.90 Å². The Balaban J connectivity index is 1.60. The number of carbonyl (C=O) groups excluding carboxylic acids is 1. The Kier molecular flexibility index (Phi) is 5.48. The monoisotopic (exact) mass is 438 g/mol. The standard InChI is InChI=1S/C22H15ClN2O4S/c1-25-20(26)19(30-22(25)24-14-6-4-5-13(11-14)21(27)28)12-15-9-10-18(29-15)16-7-2-3-8-17(16)23/h2-12H,1H3,(H,27,28)/b19-12+,24-22?. The molecule has 2 aromatic carbocycles. The number of hydrogen-bond donors (Lipinski definition) is 1. The zero-order chi connectivity index (χ0) is 21.3. The summed E-state index contributed by atoms with van der Waals surface area (Å²) in [5.41, 5.74) is 1.36. The van der Waals surface area contributed by atoms with Gasteiger partial charge in [-0.3, -0.25) is 9.69 Å². The molecule has 3 aromatic rings. The van der Waals surface area contributed by atoms with Gasteiger partial charge in [0.15, 0.2) is 5.17 Å². The van der Waals surface area contributed by atoms with Gasteiger partial charge in [-0.25, -0.2) is 9.79 Å². The van der Waals surface area contributed by atoms with Gasteiger partial charge < -0.3 is 9.52 Å². The Hall–Kier alpha value is -3.29. The second-order valence-electron chi connectivity index (χ2n) is 6.41. The van der Waals surface area contributed by atoms with Crippen LogP contribution in [0.2, 0.25) is 5.02 Å². The number of rotatable bonds is 4. The molecule has 2 heterocycles. The van der Waals surface area contributed by atoms with E-state index in [0.29, 0.717) is 32.3 Å². The van der Waals surface area contributed by atoms with Crippen LogP contribution in [-0.4, -0.2) is 34.1 Å². The molecular weight excluding hydrogens is 424 g/mol. The molecular formula is C22H15ClN2O4S. The fraction of sp³-hybridized carbons (Fsp3) is 0.0455. The largest absolute Gasteiger partial charge is 0.478 e. The first kappa shape index (κ1) is 20.0. The molecule has 4 rings (SSSR count). The van der Waals surface area contributed by atoms with E-state index in [2.05, 4.69) is 4.99 Å². The van der Waals surface area contributed by atoms with Crippen molar-refractivity contribution in [3.05, 3.63) is 81.9 Å². The number of benzene rings is 2. The van der Waals surface area contributed by atoms with E-state index in [0.717, 1.165) is 5.56 Å². The molecule has 0 bridgehead atoms. The molecule has 0 unspecified atom stereocenters. The Labute approximate surface area is 181 Å². The summed E-state index contributed by atoms with van der Waals surface area (Å²) < 4.78 is 5.84. The predicted molar refractivity (Wildman–Crippen MR) is 118 cm³/mol. The Morgan fingerprint density at radius 1 is 1.17 bits per heavy atom. The van der Waals surface area contributed by atoms with Crippen LogP contribution in [0.15, 0.2) is 75.0 Å². The highest BCUT2D eigenvalue weighted by Gasteiger charge is 2.30. The van der Waals surface area contributed by atoms with Crippen molar-refractivity contribution in [3.63, 3.8) is 0 Å². The lowest BCUT2D eigenvalue weighted by atomic mass is 10.2.